The number of rotatable bonds is 4. The predicted octanol–water partition coefficient (Wildman–Crippen LogP) is 1.67. The van der Waals surface area contributed by atoms with Gasteiger partial charge in [0, 0.05) is 18.3 Å². The molecule has 0 radical (unpaired) electrons. The second-order valence-electron chi connectivity index (χ2n) is 4.04. The Morgan fingerprint density at radius 1 is 1.53 bits per heavy atom. The average Bonchev–Trinajstić information content (AvgIpc) is 2.88. The summed E-state index contributed by atoms with van der Waals surface area (Å²) >= 11 is 0. The number of nitrogens with one attached hydrogen (secondary N) is 1. The molecule has 0 aliphatic carbocycles. The van der Waals surface area contributed by atoms with E-state index in [2.05, 4.69) is 17.4 Å². The molecule has 0 spiro atoms. The fraction of sp³-hybridized carbons (Fsp3) is 0.417. The van der Waals surface area contributed by atoms with Crippen LogP contribution in [0.25, 0.3) is 0 Å². The number of aryl methyl sites for hydroxylation is 3. The molecule has 92 valence electrons. The highest BCUT2D eigenvalue weighted by Gasteiger charge is 2.20. The molecule has 1 atom stereocenters. The van der Waals surface area contributed by atoms with E-state index in [9.17, 15) is 0 Å². The van der Waals surface area contributed by atoms with Gasteiger partial charge in [-0.3, -0.25) is 10.5 Å². The Kier molecular flexibility index (Phi) is 3.31. The highest BCUT2D eigenvalue weighted by molar-refractivity contribution is 5.31. The van der Waals surface area contributed by atoms with Crippen LogP contribution in [0.5, 0.6) is 0 Å². The minimum absolute atomic E-state index is 0.0881. The monoisotopic (exact) mass is 234 g/mol. The predicted molar refractivity (Wildman–Crippen MR) is 65.2 cm³/mol. The molecule has 0 saturated carbocycles. The van der Waals surface area contributed by atoms with Crippen LogP contribution in [0.15, 0.2) is 22.7 Å². The van der Waals surface area contributed by atoms with Crippen LogP contribution >= 0.6 is 0 Å². The lowest BCUT2D eigenvalue weighted by Gasteiger charge is -2.16. The van der Waals surface area contributed by atoms with Gasteiger partial charge >= 0.3 is 0 Å². The third-order valence-electron chi connectivity index (χ3n) is 2.90. The lowest BCUT2D eigenvalue weighted by Crippen LogP contribution is -2.30. The van der Waals surface area contributed by atoms with Crippen LogP contribution in [-0.4, -0.2) is 9.78 Å². The minimum Gasteiger partial charge on any atom is -0.466 e. The first-order valence-corrected chi connectivity index (χ1v) is 5.72. The van der Waals surface area contributed by atoms with Crippen LogP contribution in [0.1, 0.15) is 35.7 Å². The van der Waals surface area contributed by atoms with Gasteiger partial charge in [0.15, 0.2) is 0 Å². The summed E-state index contributed by atoms with van der Waals surface area (Å²) < 4.78 is 7.47. The summed E-state index contributed by atoms with van der Waals surface area (Å²) in [5, 5.41) is 4.26. The van der Waals surface area contributed by atoms with Gasteiger partial charge < -0.3 is 4.42 Å². The second-order valence-corrected chi connectivity index (χ2v) is 4.04. The number of nitrogens with two attached hydrogens (primary N) is 1. The molecule has 0 bridgehead atoms. The summed E-state index contributed by atoms with van der Waals surface area (Å²) in [6, 6.07) is 3.89. The van der Waals surface area contributed by atoms with Crippen molar-refractivity contribution in [1.82, 2.24) is 15.2 Å². The van der Waals surface area contributed by atoms with E-state index in [1.54, 1.807) is 6.20 Å². The smallest absolute Gasteiger partial charge is 0.106 e. The van der Waals surface area contributed by atoms with E-state index in [1.807, 2.05) is 30.7 Å². The van der Waals surface area contributed by atoms with E-state index >= 15 is 0 Å². The molecule has 2 heterocycles. The molecule has 0 aliphatic rings. The molecule has 0 saturated heterocycles. The van der Waals surface area contributed by atoms with Gasteiger partial charge in [0.05, 0.1) is 11.7 Å². The summed E-state index contributed by atoms with van der Waals surface area (Å²) in [6.45, 7) is 6.74. The van der Waals surface area contributed by atoms with Crippen LogP contribution in [-0.2, 0) is 6.54 Å². The highest BCUT2D eigenvalue weighted by atomic mass is 16.3. The SMILES string of the molecule is CCn1nccc1C(NN)c1cc(C)oc1C. The number of furan rings is 1. The van der Waals surface area contributed by atoms with Gasteiger partial charge in [-0.1, -0.05) is 0 Å². The molecule has 2 aromatic heterocycles. The maximum absolute atomic E-state index is 5.66. The van der Waals surface area contributed by atoms with Crippen molar-refractivity contribution in [2.45, 2.75) is 33.4 Å². The van der Waals surface area contributed by atoms with Crippen LogP contribution in [0.2, 0.25) is 0 Å². The number of hydrogen-bond donors (Lipinski definition) is 2. The highest BCUT2D eigenvalue weighted by Crippen LogP contribution is 2.26. The normalized spacial score (nSPS) is 12.9. The van der Waals surface area contributed by atoms with Crippen LogP contribution in [0.4, 0.5) is 0 Å². The quantitative estimate of drug-likeness (QED) is 0.623. The van der Waals surface area contributed by atoms with E-state index < -0.39 is 0 Å². The molecule has 0 aromatic carbocycles. The molecule has 17 heavy (non-hydrogen) atoms. The fourth-order valence-corrected chi connectivity index (χ4v) is 2.12. The fourth-order valence-electron chi connectivity index (χ4n) is 2.12. The van der Waals surface area contributed by atoms with Gasteiger partial charge in [0.1, 0.15) is 11.5 Å². The number of hydrogen-bond acceptors (Lipinski definition) is 4. The zero-order chi connectivity index (χ0) is 12.4. The van der Waals surface area contributed by atoms with E-state index in [0.717, 1.165) is 29.3 Å². The molecule has 5 heteroatoms. The zero-order valence-electron chi connectivity index (χ0n) is 10.4. The van der Waals surface area contributed by atoms with Gasteiger partial charge in [0.2, 0.25) is 0 Å². The Bertz CT molecular complexity index is 500. The Hall–Kier alpha value is -1.59. The van der Waals surface area contributed by atoms with Crippen molar-refractivity contribution in [3.05, 3.63) is 41.1 Å². The molecule has 0 amide bonds. The van der Waals surface area contributed by atoms with Crippen molar-refractivity contribution in [2.75, 3.05) is 0 Å². The van der Waals surface area contributed by atoms with Gasteiger partial charge in [-0.25, -0.2) is 5.43 Å². The lowest BCUT2D eigenvalue weighted by molar-refractivity contribution is 0.488. The number of nitrogens with zero attached hydrogens (tertiary/aromatic N) is 2. The standard InChI is InChI=1S/C12H18N4O/c1-4-16-11(5-6-14-16)12(15-13)10-7-8(2)17-9(10)3/h5-7,12,15H,4,13H2,1-3H3. The van der Waals surface area contributed by atoms with Gasteiger partial charge in [-0.15, -0.1) is 0 Å². The van der Waals surface area contributed by atoms with Crippen molar-refractivity contribution in [3.63, 3.8) is 0 Å². The summed E-state index contributed by atoms with van der Waals surface area (Å²) in [5.41, 5.74) is 4.93. The molecule has 2 rings (SSSR count). The Balaban J connectivity index is 2.43. The van der Waals surface area contributed by atoms with E-state index in [1.165, 1.54) is 0 Å². The molecular weight excluding hydrogens is 216 g/mol. The summed E-state index contributed by atoms with van der Waals surface area (Å²) in [5.74, 6) is 7.44. The van der Waals surface area contributed by atoms with E-state index in [4.69, 9.17) is 10.3 Å². The Labute approximate surface area is 101 Å². The molecular formula is C12H18N4O. The van der Waals surface area contributed by atoms with Gasteiger partial charge in [-0.2, -0.15) is 5.10 Å². The lowest BCUT2D eigenvalue weighted by atomic mass is 10.0. The topological polar surface area (TPSA) is 69.0 Å². The Morgan fingerprint density at radius 3 is 2.82 bits per heavy atom. The molecule has 1 unspecified atom stereocenters. The second kappa shape index (κ2) is 4.73. The first kappa shape index (κ1) is 11.9. The van der Waals surface area contributed by atoms with Crippen molar-refractivity contribution in [3.8, 4) is 0 Å². The van der Waals surface area contributed by atoms with E-state index in [-0.39, 0.29) is 6.04 Å². The first-order chi connectivity index (χ1) is 8.17. The molecule has 2 aromatic rings. The molecule has 0 aliphatic heterocycles. The summed E-state index contributed by atoms with van der Waals surface area (Å²) in [7, 11) is 0. The number of aromatic nitrogens is 2. The van der Waals surface area contributed by atoms with Crippen LogP contribution < -0.4 is 11.3 Å². The van der Waals surface area contributed by atoms with Gasteiger partial charge in [-0.05, 0) is 32.9 Å². The maximum atomic E-state index is 5.66. The molecule has 3 N–H and O–H groups in total. The van der Waals surface area contributed by atoms with Crippen molar-refractivity contribution in [1.29, 1.82) is 0 Å². The zero-order valence-corrected chi connectivity index (χ0v) is 10.4. The molecule has 0 fully saturated rings. The van der Waals surface area contributed by atoms with Crippen molar-refractivity contribution in [2.24, 2.45) is 5.84 Å². The van der Waals surface area contributed by atoms with Crippen LogP contribution in [0, 0.1) is 13.8 Å². The molecule has 5 nitrogen and oxygen atoms in total. The van der Waals surface area contributed by atoms with Gasteiger partial charge in [0.25, 0.3) is 0 Å². The van der Waals surface area contributed by atoms with Crippen LogP contribution in [0.3, 0.4) is 0 Å². The minimum atomic E-state index is -0.0881. The average molecular weight is 234 g/mol. The van der Waals surface area contributed by atoms with Crippen molar-refractivity contribution >= 4 is 0 Å². The Morgan fingerprint density at radius 2 is 2.29 bits per heavy atom. The number of hydrazine groups is 1. The third kappa shape index (κ3) is 2.11. The first-order valence-electron chi connectivity index (χ1n) is 5.72. The maximum Gasteiger partial charge on any atom is 0.106 e. The summed E-state index contributed by atoms with van der Waals surface area (Å²) in [6.07, 6.45) is 1.78. The summed E-state index contributed by atoms with van der Waals surface area (Å²) in [4.78, 5) is 0. The van der Waals surface area contributed by atoms with Crippen molar-refractivity contribution < 1.29 is 4.42 Å². The van der Waals surface area contributed by atoms with E-state index in [0.29, 0.717) is 0 Å². The third-order valence-corrected chi connectivity index (χ3v) is 2.90. The largest absolute Gasteiger partial charge is 0.466 e.